The van der Waals surface area contributed by atoms with Crippen molar-refractivity contribution in [1.82, 2.24) is 15.1 Å². The number of rotatable bonds is 6. The van der Waals surface area contributed by atoms with Crippen LogP contribution in [0.5, 0.6) is 5.75 Å². The molecule has 154 valence electrons. The van der Waals surface area contributed by atoms with Gasteiger partial charge < -0.3 is 15.0 Å². The number of hydrogen-bond acceptors (Lipinski definition) is 4. The molecule has 2 amide bonds. The number of nitrogens with zero attached hydrogens (tertiary/aromatic N) is 2. The fraction of sp³-hybridized carbons (Fsp3) is 0.619. The number of amides is 2. The van der Waals surface area contributed by atoms with Gasteiger partial charge in [-0.25, -0.2) is 4.39 Å². The number of ether oxygens (including phenoxy) is 1. The molecule has 2 atom stereocenters. The molecule has 0 aliphatic carbocycles. The highest BCUT2D eigenvalue weighted by atomic mass is 19.1. The van der Waals surface area contributed by atoms with Gasteiger partial charge in [0, 0.05) is 38.1 Å². The van der Waals surface area contributed by atoms with E-state index >= 15 is 0 Å². The third kappa shape index (κ3) is 5.22. The van der Waals surface area contributed by atoms with Crippen molar-refractivity contribution in [2.45, 2.75) is 45.2 Å². The minimum Gasteiger partial charge on any atom is -0.493 e. The smallest absolute Gasteiger partial charge is 0.237 e. The maximum absolute atomic E-state index is 13.0. The third-order valence-electron chi connectivity index (χ3n) is 5.57. The molecule has 6 nitrogen and oxygen atoms in total. The Kier molecular flexibility index (Phi) is 6.88. The maximum atomic E-state index is 13.0. The van der Waals surface area contributed by atoms with Gasteiger partial charge in [-0.1, -0.05) is 0 Å². The van der Waals surface area contributed by atoms with Gasteiger partial charge in [0.1, 0.15) is 11.6 Å². The van der Waals surface area contributed by atoms with E-state index in [1.54, 1.807) is 12.1 Å². The van der Waals surface area contributed by atoms with Gasteiger partial charge >= 0.3 is 0 Å². The van der Waals surface area contributed by atoms with Crippen LogP contribution in [0.25, 0.3) is 0 Å². The Morgan fingerprint density at radius 1 is 1.29 bits per heavy atom. The van der Waals surface area contributed by atoms with Crippen LogP contribution in [0.1, 0.15) is 33.1 Å². The first-order chi connectivity index (χ1) is 13.4. The van der Waals surface area contributed by atoms with Crippen LogP contribution in [0.4, 0.5) is 4.39 Å². The summed E-state index contributed by atoms with van der Waals surface area (Å²) in [6.07, 6.45) is 2.14. The van der Waals surface area contributed by atoms with Crippen molar-refractivity contribution in [2.75, 3.05) is 32.8 Å². The molecule has 3 rings (SSSR count). The van der Waals surface area contributed by atoms with Gasteiger partial charge in [0.25, 0.3) is 0 Å². The predicted molar refractivity (Wildman–Crippen MR) is 104 cm³/mol. The Morgan fingerprint density at radius 3 is 2.75 bits per heavy atom. The Labute approximate surface area is 166 Å². The predicted octanol–water partition coefficient (Wildman–Crippen LogP) is 2.04. The van der Waals surface area contributed by atoms with Crippen molar-refractivity contribution in [2.24, 2.45) is 5.92 Å². The van der Waals surface area contributed by atoms with E-state index in [1.165, 1.54) is 12.1 Å². The molecule has 7 heteroatoms. The van der Waals surface area contributed by atoms with Gasteiger partial charge in [0.15, 0.2) is 0 Å². The van der Waals surface area contributed by atoms with Crippen molar-refractivity contribution < 1.29 is 18.7 Å². The van der Waals surface area contributed by atoms with E-state index in [2.05, 4.69) is 24.1 Å². The molecule has 1 aromatic rings. The van der Waals surface area contributed by atoms with E-state index in [4.69, 9.17) is 4.74 Å². The van der Waals surface area contributed by atoms with Gasteiger partial charge in [-0.15, -0.1) is 0 Å². The highest BCUT2D eigenvalue weighted by Gasteiger charge is 2.35. The fourth-order valence-electron chi connectivity index (χ4n) is 4.03. The lowest BCUT2D eigenvalue weighted by Crippen LogP contribution is -2.58. The van der Waals surface area contributed by atoms with E-state index in [-0.39, 0.29) is 36.0 Å². The summed E-state index contributed by atoms with van der Waals surface area (Å²) in [4.78, 5) is 29.1. The summed E-state index contributed by atoms with van der Waals surface area (Å²) in [7, 11) is 0. The Bertz CT molecular complexity index is 680. The van der Waals surface area contributed by atoms with Crippen LogP contribution >= 0.6 is 0 Å². The number of benzene rings is 1. The molecule has 2 unspecified atom stereocenters. The zero-order valence-corrected chi connectivity index (χ0v) is 16.7. The molecule has 1 aromatic carbocycles. The molecule has 2 aliphatic rings. The lowest BCUT2D eigenvalue weighted by Gasteiger charge is -2.39. The Balaban J connectivity index is 1.53. The normalized spacial score (nSPS) is 23.6. The van der Waals surface area contributed by atoms with Crippen LogP contribution < -0.4 is 10.1 Å². The second kappa shape index (κ2) is 9.37. The van der Waals surface area contributed by atoms with Crippen molar-refractivity contribution in [3.05, 3.63) is 30.1 Å². The van der Waals surface area contributed by atoms with Crippen molar-refractivity contribution in [3.63, 3.8) is 0 Å². The minimum atomic E-state index is -0.392. The van der Waals surface area contributed by atoms with Gasteiger partial charge in [0.05, 0.1) is 19.1 Å². The van der Waals surface area contributed by atoms with Gasteiger partial charge in [-0.3, -0.25) is 14.5 Å². The average Bonchev–Trinajstić information content (AvgIpc) is 2.69. The molecule has 0 aromatic heterocycles. The van der Waals surface area contributed by atoms with Crippen LogP contribution in [-0.2, 0) is 9.59 Å². The number of carbonyl (C=O) groups excluding carboxylic acids is 2. The summed E-state index contributed by atoms with van der Waals surface area (Å²) in [5, 5.41) is 2.88. The monoisotopic (exact) mass is 391 g/mol. The molecule has 0 saturated carbocycles. The molecule has 2 heterocycles. The molecule has 0 bridgehead atoms. The van der Waals surface area contributed by atoms with E-state index in [1.807, 2.05) is 4.90 Å². The van der Waals surface area contributed by atoms with Gasteiger partial charge in [-0.05, 0) is 51.0 Å². The van der Waals surface area contributed by atoms with Crippen molar-refractivity contribution >= 4 is 11.8 Å². The van der Waals surface area contributed by atoms with Crippen molar-refractivity contribution in [1.29, 1.82) is 0 Å². The van der Waals surface area contributed by atoms with Gasteiger partial charge in [-0.2, -0.15) is 0 Å². The second-order valence-corrected chi connectivity index (χ2v) is 7.96. The number of piperazine rings is 1. The zero-order chi connectivity index (χ0) is 20.1. The third-order valence-corrected chi connectivity index (χ3v) is 5.57. The van der Waals surface area contributed by atoms with Crippen LogP contribution in [0.3, 0.4) is 0 Å². The number of hydrogen-bond donors (Lipinski definition) is 1. The van der Waals surface area contributed by atoms with E-state index in [0.717, 1.165) is 25.9 Å². The summed E-state index contributed by atoms with van der Waals surface area (Å²) in [6, 6.07) is 5.81. The molecular weight excluding hydrogens is 361 g/mol. The second-order valence-electron chi connectivity index (χ2n) is 7.96. The highest BCUT2D eigenvalue weighted by Crippen LogP contribution is 2.21. The summed E-state index contributed by atoms with van der Waals surface area (Å²) in [5.41, 5.74) is 0. The molecule has 28 heavy (non-hydrogen) atoms. The first-order valence-electron chi connectivity index (χ1n) is 10.1. The largest absolute Gasteiger partial charge is 0.493 e. The number of piperidine rings is 1. The molecule has 2 aliphatic heterocycles. The Hall–Kier alpha value is -2.15. The fourth-order valence-corrected chi connectivity index (χ4v) is 4.03. The van der Waals surface area contributed by atoms with Crippen LogP contribution in [0.2, 0.25) is 0 Å². The molecule has 0 radical (unpaired) electrons. The SMILES string of the molecule is CC(C)N1CCNC(=O)C1CC(=O)N1CCCC(COc2ccc(F)cc2)C1. The topological polar surface area (TPSA) is 61.9 Å². The summed E-state index contributed by atoms with van der Waals surface area (Å²) in [5.74, 6) is 0.560. The summed E-state index contributed by atoms with van der Waals surface area (Å²) >= 11 is 0. The van der Waals surface area contributed by atoms with E-state index in [9.17, 15) is 14.0 Å². The Morgan fingerprint density at radius 2 is 2.04 bits per heavy atom. The molecule has 1 N–H and O–H groups in total. The molecule has 0 spiro atoms. The lowest BCUT2D eigenvalue weighted by molar-refractivity contribution is -0.140. The minimum absolute atomic E-state index is 0.0270. The van der Waals surface area contributed by atoms with Crippen molar-refractivity contribution in [3.8, 4) is 5.75 Å². The van der Waals surface area contributed by atoms with Gasteiger partial charge in [0.2, 0.25) is 11.8 Å². The van der Waals surface area contributed by atoms with Crippen LogP contribution in [-0.4, -0.2) is 66.5 Å². The molecular formula is C21H30FN3O3. The number of nitrogens with one attached hydrogen (secondary N) is 1. The first kappa shape index (κ1) is 20.6. The number of halogens is 1. The molecule has 2 fully saturated rings. The average molecular weight is 391 g/mol. The van der Waals surface area contributed by atoms with Crippen LogP contribution in [0, 0.1) is 11.7 Å². The van der Waals surface area contributed by atoms with E-state index in [0.29, 0.717) is 25.4 Å². The van der Waals surface area contributed by atoms with Crippen LogP contribution in [0.15, 0.2) is 24.3 Å². The van der Waals surface area contributed by atoms with E-state index < -0.39 is 6.04 Å². The number of carbonyl (C=O) groups is 2. The first-order valence-corrected chi connectivity index (χ1v) is 10.1. The number of likely N-dealkylation sites (tertiary alicyclic amines) is 1. The summed E-state index contributed by atoms with van der Waals surface area (Å²) in [6.45, 7) is 7.37. The zero-order valence-electron chi connectivity index (χ0n) is 16.7. The maximum Gasteiger partial charge on any atom is 0.237 e. The summed E-state index contributed by atoms with van der Waals surface area (Å²) < 4.78 is 18.8. The quantitative estimate of drug-likeness (QED) is 0.806. The molecule has 2 saturated heterocycles. The highest BCUT2D eigenvalue weighted by molar-refractivity contribution is 5.89. The lowest BCUT2D eigenvalue weighted by atomic mass is 9.97. The standard InChI is InChI=1S/C21H30FN3O3/c1-15(2)25-11-9-23-21(27)19(25)12-20(26)24-10-3-4-16(13-24)14-28-18-7-5-17(22)6-8-18/h5-8,15-16,19H,3-4,9-14H2,1-2H3,(H,23,27).